The van der Waals surface area contributed by atoms with Crippen LogP contribution in [0.5, 0.6) is 0 Å². The molecule has 0 fully saturated rings. The third kappa shape index (κ3) is 2.96. The molecule has 1 aromatic heterocycles. The Morgan fingerprint density at radius 3 is 2.74 bits per heavy atom. The Morgan fingerprint density at radius 1 is 1.37 bits per heavy atom. The first kappa shape index (κ1) is 13.6. The maximum Gasteiger partial charge on any atom is 0.251 e. The summed E-state index contributed by atoms with van der Waals surface area (Å²) in [5, 5.41) is 3.28. The highest BCUT2D eigenvalue weighted by Gasteiger charge is 2.09. The van der Waals surface area contributed by atoms with Crippen molar-refractivity contribution >= 4 is 28.4 Å². The highest BCUT2D eigenvalue weighted by atomic mass is 35.5. The Bertz CT molecular complexity index is 677. The number of aromatic nitrogens is 1. The summed E-state index contributed by atoms with van der Waals surface area (Å²) in [6.07, 6.45) is 0. The molecule has 0 aliphatic heterocycles. The van der Waals surface area contributed by atoms with Crippen molar-refractivity contribution in [2.24, 2.45) is 0 Å². The number of rotatable bonds is 3. The maximum atomic E-state index is 11.9. The minimum absolute atomic E-state index is 0.0557. The molecule has 1 heterocycles. The van der Waals surface area contributed by atoms with Crippen LogP contribution in [0, 0.1) is 0 Å². The number of carbonyl (C=O) groups is 1. The van der Waals surface area contributed by atoms with Gasteiger partial charge in [-0.1, -0.05) is 0 Å². The number of carbonyl (C=O) groups excluding carboxylic acids is 1. The van der Waals surface area contributed by atoms with Gasteiger partial charge in [-0.3, -0.25) is 9.59 Å². The molecule has 100 valence electrons. The Balaban J connectivity index is 2.49. The van der Waals surface area contributed by atoms with Gasteiger partial charge in [-0.25, -0.2) is 0 Å². The first-order valence-corrected chi connectivity index (χ1v) is 6.57. The van der Waals surface area contributed by atoms with Crippen LogP contribution in [0.1, 0.15) is 29.9 Å². The van der Waals surface area contributed by atoms with E-state index in [0.717, 1.165) is 0 Å². The minimum Gasteiger partial charge on any atom is -0.357 e. The number of halogens is 1. The van der Waals surface area contributed by atoms with E-state index in [0.29, 0.717) is 22.2 Å². The summed E-state index contributed by atoms with van der Waals surface area (Å²) >= 11 is 5.70. The van der Waals surface area contributed by atoms with E-state index < -0.39 is 0 Å². The zero-order valence-electron chi connectivity index (χ0n) is 10.8. The van der Waals surface area contributed by atoms with Crippen LogP contribution in [-0.2, 0) is 5.88 Å². The summed E-state index contributed by atoms with van der Waals surface area (Å²) in [6.45, 7) is 3.77. The van der Waals surface area contributed by atoms with Gasteiger partial charge in [-0.05, 0) is 32.0 Å². The minimum atomic E-state index is -0.183. The molecule has 0 bridgehead atoms. The molecule has 0 aliphatic carbocycles. The predicted molar refractivity (Wildman–Crippen MR) is 76.7 cm³/mol. The number of amides is 1. The van der Waals surface area contributed by atoms with E-state index in [4.69, 9.17) is 11.6 Å². The summed E-state index contributed by atoms with van der Waals surface area (Å²) in [7, 11) is 0. The van der Waals surface area contributed by atoms with Crippen molar-refractivity contribution in [3.05, 3.63) is 45.7 Å². The van der Waals surface area contributed by atoms with Gasteiger partial charge in [0.1, 0.15) is 0 Å². The van der Waals surface area contributed by atoms with Crippen molar-refractivity contribution < 1.29 is 4.79 Å². The Hall–Kier alpha value is -1.81. The highest BCUT2D eigenvalue weighted by molar-refractivity contribution is 6.17. The number of nitrogens with one attached hydrogen (secondary N) is 2. The fraction of sp³-hybridized carbons (Fsp3) is 0.286. The van der Waals surface area contributed by atoms with Gasteiger partial charge in [-0.15, -0.1) is 11.6 Å². The van der Waals surface area contributed by atoms with E-state index in [2.05, 4.69) is 10.3 Å². The van der Waals surface area contributed by atoms with E-state index in [-0.39, 0.29) is 23.3 Å². The van der Waals surface area contributed by atoms with Gasteiger partial charge < -0.3 is 10.3 Å². The lowest BCUT2D eigenvalue weighted by Crippen LogP contribution is -2.30. The number of hydrogen-bond donors (Lipinski definition) is 2. The van der Waals surface area contributed by atoms with Crippen LogP contribution >= 0.6 is 11.6 Å². The van der Waals surface area contributed by atoms with Crippen LogP contribution in [0.3, 0.4) is 0 Å². The average molecular weight is 279 g/mol. The van der Waals surface area contributed by atoms with Crippen molar-refractivity contribution in [1.29, 1.82) is 0 Å². The molecule has 0 unspecified atom stereocenters. The molecule has 19 heavy (non-hydrogen) atoms. The highest BCUT2D eigenvalue weighted by Crippen LogP contribution is 2.12. The van der Waals surface area contributed by atoms with E-state index in [1.54, 1.807) is 18.2 Å². The molecule has 0 radical (unpaired) electrons. The Kier molecular flexibility index (Phi) is 3.90. The number of fused-ring (bicyclic) bond motifs is 1. The van der Waals surface area contributed by atoms with Crippen LogP contribution in [-0.4, -0.2) is 16.9 Å². The van der Waals surface area contributed by atoms with Gasteiger partial charge in [0.25, 0.3) is 5.91 Å². The number of hydrogen-bond acceptors (Lipinski definition) is 2. The van der Waals surface area contributed by atoms with E-state index in [1.165, 1.54) is 6.07 Å². The zero-order valence-corrected chi connectivity index (χ0v) is 11.5. The standard InChI is InChI=1S/C14H15ClN2O2/c1-8(2)16-14(19)9-3-4-12-11(5-9)13(18)6-10(7-15)17-12/h3-6,8H,7H2,1-2H3,(H,16,19)(H,17,18). The van der Waals surface area contributed by atoms with Crippen LogP contribution in [0.2, 0.25) is 0 Å². The molecule has 1 amide bonds. The number of pyridine rings is 1. The maximum absolute atomic E-state index is 11.9. The molecule has 2 rings (SSSR count). The summed E-state index contributed by atoms with van der Waals surface area (Å²) in [5.41, 5.74) is 1.69. The monoisotopic (exact) mass is 278 g/mol. The third-order valence-corrected chi connectivity index (χ3v) is 3.00. The SMILES string of the molecule is CC(C)NC(=O)c1ccc2[nH]c(CCl)cc(=O)c2c1. The van der Waals surface area contributed by atoms with Gasteiger partial charge in [0.05, 0.1) is 5.88 Å². The lowest BCUT2D eigenvalue weighted by Gasteiger charge is -2.09. The first-order valence-electron chi connectivity index (χ1n) is 6.04. The lowest BCUT2D eigenvalue weighted by molar-refractivity contribution is 0.0943. The molecule has 2 aromatic rings. The molecule has 0 atom stereocenters. The van der Waals surface area contributed by atoms with E-state index in [1.807, 2.05) is 13.8 Å². The van der Waals surface area contributed by atoms with Crippen molar-refractivity contribution in [2.45, 2.75) is 25.8 Å². The van der Waals surface area contributed by atoms with Gasteiger partial charge in [0.15, 0.2) is 5.43 Å². The van der Waals surface area contributed by atoms with Gasteiger partial charge >= 0.3 is 0 Å². The predicted octanol–water partition coefficient (Wildman–Crippen LogP) is 2.41. The second-order valence-electron chi connectivity index (χ2n) is 4.68. The fourth-order valence-electron chi connectivity index (χ4n) is 1.86. The normalized spacial score (nSPS) is 10.9. The summed E-state index contributed by atoms with van der Waals surface area (Å²) in [5.74, 6) is 0.0681. The molecule has 0 saturated carbocycles. The van der Waals surface area contributed by atoms with Crippen molar-refractivity contribution in [1.82, 2.24) is 10.3 Å². The summed E-state index contributed by atoms with van der Waals surface area (Å²) < 4.78 is 0. The topological polar surface area (TPSA) is 62.0 Å². The number of benzene rings is 1. The molecule has 0 aliphatic rings. The zero-order chi connectivity index (χ0) is 14.0. The number of aromatic amines is 1. The molecule has 0 spiro atoms. The molecule has 1 aromatic carbocycles. The van der Waals surface area contributed by atoms with Gasteiger partial charge in [-0.2, -0.15) is 0 Å². The van der Waals surface area contributed by atoms with Gasteiger partial charge in [0.2, 0.25) is 0 Å². The molecular weight excluding hydrogens is 264 g/mol. The Labute approximate surface area is 115 Å². The van der Waals surface area contributed by atoms with E-state index >= 15 is 0 Å². The van der Waals surface area contributed by atoms with Crippen LogP contribution in [0.25, 0.3) is 10.9 Å². The van der Waals surface area contributed by atoms with Crippen molar-refractivity contribution in [2.75, 3.05) is 0 Å². The summed E-state index contributed by atoms with van der Waals surface area (Å²) in [6, 6.07) is 6.53. The van der Waals surface area contributed by atoms with Crippen LogP contribution in [0.4, 0.5) is 0 Å². The van der Waals surface area contributed by atoms with Crippen molar-refractivity contribution in [3.8, 4) is 0 Å². The van der Waals surface area contributed by atoms with Crippen molar-refractivity contribution in [3.63, 3.8) is 0 Å². The van der Waals surface area contributed by atoms with E-state index in [9.17, 15) is 9.59 Å². The lowest BCUT2D eigenvalue weighted by atomic mass is 10.1. The Morgan fingerprint density at radius 2 is 2.11 bits per heavy atom. The number of H-pyrrole nitrogens is 1. The largest absolute Gasteiger partial charge is 0.357 e. The molecule has 4 nitrogen and oxygen atoms in total. The second-order valence-corrected chi connectivity index (χ2v) is 4.95. The van der Waals surface area contributed by atoms with Crippen LogP contribution < -0.4 is 10.7 Å². The third-order valence-electron chi connectivity index (χ3n) is 2.71. The molecule has 0 saturated heterocycles. The quantitative estimate of drug-likeness (QED) is 0.847. The van der Waals surface area contributed by atoms with Crippen LogP contribution in [0.15, 0.2) is 29.1 Å². The second kappa shape index (κ2) is 5.45. The average Bonchev–Trinajstić information content (AvgIpc) is 2.37. The fourth-order valence-corrected chi connectivity index (χ4v) is 2.00. The summed E-state index contributed by atoms with van der Waals surface area (Å²) in [4.78, 5) is 26.9. The first-order chi connectivity index (χ1) is 9.01. The molecule has 5 heteroatoms. The van der Waals surface area contributed by atoms with Gasteiger partial charge in [0, 0.05) is 34.3 Å². The molecule has 2 N–H and O–H groups in total. The smallest absolute Gasteiger partial charge is 0.251 e. The number of alkyl halides is 1. The molecular formula is C14H15ClN2O2.